The lowest BCUT2D eigenvalue weighted by Crippen LogP contribution is -2.10. The Hall–Kier alpha value is -6.58. The van der Waals surface area contributed by atoms with Gasteiger partial charge in [-0.15, -0.1) is 0 Å². The lowest BCUT2D eigenvalue weighted by atomic mass is 9.96. The molecule has 0 spiro atoms. The summed E-state index contributed by atoms with van der Waals surface area (Å²) in [4.78, 5) is 1.87. The van der Waals surface area contributed by atoms with Gasteiger partial charge in [0.15, 0.2) is 5.58 Å². The van der Waals surface area contributed by atoms with Crippen LogP contribution in [0, 0.1) is 0 Å². The average Bonchev–Trinajstić information content (AvgIpc) is 3.78. The lowest BCUT2D eigenvalue weighted by Gasteiger charge is -2.25. The van der Waals surface area contributed by atoms with Crippen molar-refractivity contribution in [3.05, 3.63) is 176 Å². The van der Waals surface area contributed by atoms with Crippen LogP contribution in [0.15, 0.2) is 185 Å². The summed E-state index contributed by atoms with van der Waals surface area (Å²) in [6.07, 6.45) is 0. The molecule has 0 amide bonds. The predicted molar refractivity (Wildman–Crippen MR) is 204 cm³/mol. The maximum atomic E-state index is 9.85. The molecule has 10 rings (SSSR count). The Balaban J connectivity index is 1.30. The molecule has 0 N–H and O–H groups in total. The second-order valence-corrected chi connectivity index (χ2v) is 12.0. The minimum Gasteiger partial charge on any atom is -0.455 e. The summed E-state index contributed by atoms with van der Waals surface area (Å²) in [5.41, 5.74) is 6.58. The molecule has 2 heterocycles. The first kappa shape index (κ1) is 22.1. The molecule has 49 heavy (non-hydrogen) atoms. The van der Waals surface area contributed by atoms with Crippen LogP contribution in [0.2, 0.25) is 0 Å². The monoisotopic (exact) mass is 633 g/mol. The summed E-state index contributed by atoms with van der Waals surface area (Å²) in [5.74, 6) is 0. The standard InChI is InChI=1S/C46H29NO2/c1-3-12-30(13-4-1)31-22-24-34(25-23-31)47(41-20-11-19-38-37-18-9-10-21-42(37)48-45(38)41)35-26-27-39-43(29-35)49-46-40(32-14-5-2-6-15-32)28-33-16-7-8-17-36(33)44(39)46/h1-29H/i7D,8D,17D,26D,28D,29D. The zero-order valence-electron chi connectivity index (χ0n) is 32.0. The minimum atomic E-state index is -0.270. The fourth-order valence-electron chi connectivity index (χ4n) is 6.88. The van der Waals surface area contributed by atoms with Gasteiger partial charge in [0.1, 0.15) is 16.7 Å². The molecule has 230 valence electrons. The van der Waals surface area contributed by atoms with Gasteiger partial charge in [0, 0.05) is 38.8 Å². The molecule has 0 fully saturated rings. The third-order valence-electron chi connectivity index (χ3n) is 9.16. The number of rotatable bonds is 5. The Morgan fingerprint density at radius 3 is 2.00 bits per heavy atom. The molecule has 0 atom stereocenters. The average molecular weight is 634 g/mol. The van der Waals surface area contributed by atoms with E-state index in [9.17, 15) is 4.11 Å². The molecule has 0 aliphatic carbocycles. The van der Waals surface area contributed by atoms with E-state index in [0.29, 0.717) is 44.2 Å². The summed E-state index contributed by atoms with van der Waals surface area (Å²) < 4.78 is 68.0. The third kappa shape index (κ3) is 4.44. The van der Waals surface area contributed by atoms with E-state index < -0.39 is 0 Å². The first-order valence-electron chi connectivity index (χ1n) is 19.1. The molecule has 0 aliphatic heterocycles. The molecule has 0 bridgehead atoms. The molecule has 10 aromatic rings. The molecule has 8 aromatic carbocycles. The largest absolute Gasteiger partial charge is 0.455 e. The SMILES string of the molecule is [2H]c1cc2c([2H])c(-c3ccccc3)c3oc4c([2H])c(N(c5ccc(-c6ccccc6)cc5)c5cccc6c5oc5ccccc56)c([2H])cc4c3c2c([2H])c1[2H]. The van der Waals surface area contributed by atoms with Crippen molar-refractivity contribution in [1.29, 1.82) is 0 Å². The summed E-state index contributed by atoms with van der Waals surface area (Å²) in [6.45, 7) is 0. The van der Waals surface area contributed by atoms with Crippen LogP contribution in [-0.2, 0) is 0 Å². The quantitative estimate of drug-likeness (QED) is 0.189. The number of hydrogen-bond donors (Lipinski definition) is 0. The zero-order valence-corrected chi connectivity index (χ0v) is 26.0. The van der Waals surface area contributed by atoms with Crippen LogP contribution >= 0.6 is 0 Å². The molecular formula is C46H29NO2. The highest BCUT2D eigenvalue weighted by Gasteiger charge is 2.22. The van der Waals surface area contributed by atoms with E-state index >= 15 is 0 Å². The van der Waals surface area contributed by atoms with Gasteiger partial charge in [0.25, 0.3) is 0 Å². The Kier molecular flexibility index (Phi) is 4.96. The van der Waals surface area contributed by atoms with Crippen molar-refractivity contribution in [1.82, 2.24) is 0 Å². The highest BCUT2D eigenvalue weighted by Crippen LogP contribution is 2.46. The van der Waals surface area contributed by atoms with Crippen LogP contribution in [0.5, 0.6) is 0 Å². The molecule has 0 unspecified atom stereocenters. The first-order valence-corrected chi connectivity index (χ1v) is 16.1. The molecule has 0 saturated heterocycles. The maximum absolute atomic E-state index is 9.85. The number of benzene rings is 8. The van der Waals surface area contributed by atoms with Gasteiger partial charge >= 0.3 is 0 Å². The van der Waals surface area contributed by atoms with E-state index in [2.05, 4.69) is 0 Å². The number of furan rings is 2. The Bertz CT molecular complexity index is 3160. The van der Waals surface area contributed by atoms with Crippen LogP contribution in [0.4, 0.5) is 17.1 Å². The van der Waals surface area contributed by atoms with E-state index in [-0.39, 0.29) is 58.5 Å². The number of fused-ring (bicyclic) bond motifs is 8. The van der Waals surface area contributed by atoms with Crippen LogP contribution in [0.1, 0.15) is 8.22 Å². The predicted octanol–water partition coefficient (Wildman–Crippen LogP) is 13.4. The Morgan fingerprint density at radius 2 is 1.16 bits per heavy atom. The van der Waals surface area contributed by atoms with Crippen LogP contribution < -0.4 is 4.90 Å². The first-order chi connectivity index (χ1) is 26.8. The maximum Gasteiger partial charge on any atom is 0.159 e. The molecular weight excluding hydrogens is 599 g/mol. The molecule has 3 nitrogen and oxygen atoms in total. The molecule has 3 heteroatoms. The minimum absolute atomic E-state index is 0.0274. The van der Waals surface area contributed by atoms with Crippen LogP contribution in [-0.4, -0.2) is 0 Å². The fourth-order valence-corrected chi connectivity index (χ4v) is 6.88. The summed E-state index contributed by atoms with van der Waals surface area (Å²) in [6, 6.07) is 43.6. The number of para-hydroxylation sites is 2. The topological polar surface area (TPSA) is 29.5 Å². The molecule has 0 saturated carbocycles. The Labute approximate surface area is 291 Å². The second-order valence-electron chi connectivity index (χ2n) is 12.0. The summed E-state index contributed by atoms with van der Waals surface area (Å²) in [5, 5.41) is 3.32. The van der Waals surface area contributed by atoms with Gasteiger partial charge in [-0.2, -0.15) is 0 Å². The van der Waals surface area contributed by atoms with Gasteiger partial charge in [-0.05, 0) is 69.9 Å². The molecule has 0 aliphatic rings. The van der Waals surface area contributed by atoms with Gasteiger partial charge in [-0.3, -0.25) is 0 Å². The van der Waals surface area contributed by atoms with Crippen molar-refractivity contribution < 1.29 is 17.1 Å². The normalized spacial score (nSPS) is 13.4. The fraction of sp³-hybridized carbons (Fsp3) is 0. The van der Waals surface area contributed by atoms with Crippen molar-refractivity contribution in [2.45, 2.75) is 0 Å². The van der Waals surface area contributed by atoms with Crippen molar-refractivity contribution >= 4 is 71.7 Å². The van der Waals surface area contributed by atoms with Crippen molar-refractivity contribution in [3.8, 4) is 22.3 Å². The molecule has 0 radical (unpaired) electrons. The van der Waals surface area contributed by atoms with Gasteiger partial charge < -0.3 is 13.7 Å². The Morgan fingerprint density at radius 1 is 0.449 bits per heavy atom. The summed E-state index contributed by atoms with van der Waals surface area (Å²) in [7, 11) is 0. The van der Waals surface area contributed by atoms with Gasteiger partial charge in [-0.25, -0.2) is 0 Å². The van der Waals surface area contributed by atoms with E-state index in [1.165, 1.54) is 6.07 Å². The van der Waals surface area contributed by atoms with Gasteiger partial charge in [0.2, 0.25) is 0 Å². The lowest BCUT2D eigenvalue weighted by molar-refractivity contribution is 0.668. The highest BCUT2D eigenvalue weighted by atomic mass is 16.3. The van der Waals surface area contributed by atoms with E-state index in [1.807, 2.05) is 132 Å². The number of nitrogens with zero attached hydrogens (tertiary/aromatic N) is 1. The van der Waals surface area contributed by atoms with Gasteiger partial charge in [-0.1, -0.05) is 127 Å². The molecule has 2 aromatic heterocycles. The van der Waals surface area contributed by atoms with Crippen molar-refractivity contribution in [3.63, 3.8) is 0 Å². The second kappa shape index (κ2) is 11.0. The van der Waals surface area contributed by atoms with E-state index in [1.54, 1.807) is 6.07 Å². The smallest absolute Gasteiger partial charge is 0.159 e. The highest BCUT2D eigenvalue weighted by molar-refractivity contribution is 6.23. The van der Waals surface area contributed by atoms with Gasteiger partial charge in [0.05, 0.1) is 19.6 Å². The number of hydrogen-bond acceptors (Lipinski definition) is 3. The van der Waals surface area contributed by atoms with E-state index in [4.69, 9.17) is 12.9 Å². The van der Waals surface area contributed by atoms with E-state index in [0.717, 1.165) is 27.5 Å². The van der Waals surface area contributed by atoms with Crippen LogP contribution in [0.25, 0.3) is 76.9 Å². The third-order valence-corrected chi connectivity index (χ3v) is 9.16. The number of anilines is 3. The van der Waals surface area contributed by atoms with Crippen molar-refractivity contribution in [2.24, 2.45) is 0 Å². The zero-order chi connectivity index (χ0) is 37.5. The van der Waals surface area contributed by atoms with Crippen molar-refractivity contribution in [2.75, 3.05) is 4.90 Å². The summed E-state index contributed by atoms with van der Waals surface area (Å²) >= 11 is 0. The van der Waals surface area contributed by atoms with Crippen LogP contribution in [0.3, 0.4) is 0 Å².